The summed E-state index contributed by atoms with van der Waals surface area (Å²) in [4.78, 5) is 0. The maximum absolute atomic E-state index is 5.78. The van der Waals surface area contributed by atoms with Gasteiger partial charge in [-0.15, -0.1) is 0 Å². The smallest absolute Gasteiger partial charge is 0.0875 e. The lowest BCUT2D eigenvalue weighted by atomic mass is 9.77. The average Bonchev–Trinajstić information content (AvgIpc) is 2.89. The molecule has 1 aliphatic carbocycles. The van der Waals surface area contributed by atoms with E-state index in [-0.39, 0.29) is 0 Å². The summed E-state index contributed by atoms with van der Waals surface area (Å²) in [7, 11) is 2.07. The molecule has 5 unspecified atom stereocenters. The van der Waals surface area contributed by atoms with Crippen LogP contribution in [0.5, 0.6) is 0 Å². The Morgan fingerprint density at radius 1 is 1.38 bits per heavy atom. The lowest BCUT2D eigenvalue weighted by Crippen LogP contribution is -2.31. The molecule has 0 radical (unpaired) electrons. The molecule has 1 saturated carbocycles. The van der Waals surface area contributed by atoms with Crippen molar-refractivity contribution in [3.8, 4) is 0 Å². The third kappa shape index (κ3) is 2.43. The van der Waals surface area contributed by atoms with Crippen LogP contribution in [0.2, 0.25) is 0 Å². The van der Waals surface area contributed by atoms with E-state index in [0.717, 1.165) is 23.7 Å². The molecule has 2 fully saturated rings. The van der Waals surface area contributed by atoms with Crippen LogP contribution in [0.15, 0.2) is 0 Å². The van der Waals surface area contributed by atoms with Gasteiger partial charge >= 0.3 is 0 Å². The third-order valence-corrected chi connectivity index (χ3v) is 4.39. The fraction of sp³-hybridized carbons (Fsp3) is 1.00. The lowest BCUT2D eigenvalue weighted by molar-refractivity contribution is 0.130. The number of rotatable bonds is 6. The second-order valence-corrected chi connectivity index (χ2v) is 6.07. The lowest BCUT2D eigenvalue weighted by Gasteiger charge is -2.30. The van der Waals surface area contributed by atoms with Crippen LogP contribution in [0, 0.1) is 23.7 Å². The van der Waals surface area contributed by atoms with Crippen molar-refractivity contribution in [2.45, 2.75) is 52.2 Å². The summed E-state index contributed by atoms with van der Waals surface area (Å²) >= 11 is 0. The van der Waals surface area contributed by atoms with Crippen LogP contribution >= 0.6 is 0 Å². The molecule has 16 heavy (non-hydrogen) atoms. The molecular formula is C14H27NO. The fourth-order valence-corrected chi connectivity index (χ4v) is 3.74. The summed E-state index contributed by atoms with van der Waals surface area (Å²) < 4.78 is 5.78. The maximum atomic E-state index is 5.78. The molecule has 2 heteroatoms. The molecule has 2 rings (SSSR count). The molecule has 0 aromatic heterocycles. The van der Waals surface area contributed by atoms with Crippen LogP contribution in [0.1, 0.15) is 40.0 Å². The topological polar surface area (TPSA) is 24.6 Å². The van der Waals surface area contributed by atoms with Gasteiger partial charge in [-0.2, -0.15) is 0 Å². The first kappa shape index (κ1) is 12.4. The van der Waals surface area contributed by atoms with Gasteiger partial charge in [0.15, 0.2) is 0 Å². The largest absolute Gasteiger partial charge is 0.369 e. The van der Waals surface area contributed by atoms with Crippen LogP contribution in [-0.4, -0.2) is 25.8 Å². The second-order valence-electron chi connectivity index (χ2n) is 6.07. The monoisotopic (exact) mass is 225 g/mol. The minimum absolute atomic E-state index is 0.613. The van der Waals surface area contributed by atoms with E-state index in [4.69, 9.17) is 4.74 Å². The van der Waals surface area contributed by atoms with Crippen molar-refractivity contribution in [1.29, 1.82) is 0 Å². The summed E-state index contributed by atoms with van der Waals surface area (Å²) in [6.07, 6.45) is 5.21. The van der Waals surface area contributed by atoms with Crippen LogP contribution in [0.3, 0.4) is 0 Å². The molecule has 0 aromatic carbocycles. The highest BCUT2D eigenvalue weighted by Crippen LogP contribution is 2.51. The zero-order valence-corrected chi connectivity index (χ0v) is 11.2. The van der Waals surface area contributed by atoms with Crippen molar-refractivity contribution in [1.82, 2.24) is 5.32 Å². The molecule has 0 spiro atoms. The van der Waals surface area contributed by atoms with Crippen molar-refractivity contribution < 1.29 is 4.74 Å². The maximum Gasteiger partial charge on any atom is 0.0875 e. The van der Waals surface area contributed by atoms with Crippen molar-refractivity contribution >= 4 is 0 Å². The third-order valence-electron chi connectivity index (χ3n) is 4.39. The van der Waals surface area contributed by atoms with Crippen LogP contribution in [0.25, 0.3) is 0 Å². The van der Waals surface area contributed by atoms with Crippen LogP contribution < -0.4 is 5.32 Å². The first-order valence-electron chi connectivity index (χ1n) is 6.97. The van der Waals surface area contributed by atoms with Gasteiger partial charge in [0, 0.05) is 0 Å². The minimum atomic E-state index is 0.613. The van der Waals surface area contributed by atoms with E-state index in [1.54, 1.807) is 0 Å². The average molecular weight is 225 g/mol. The number of epoxide rings is 1. The van der Waals surface area contributed by atoms with Crippen LogP contribution in [-0.2, 0) is 4.74 Å². The molecular weight excluding hydrogens is 198 g/mol. The first-order valence-corrected chi connectivity index (χ1v) is 6.97. The molecule has 5 atom stereocenters. The van der Waals surface area contributed by atoms with E-state index in [1.807, 2.05) is 0 Å². The predicted octanol–water partition coefficient (Wildman–Crippen LogP) is 2.68. The highest BCUT2D eigenvalue weighted by atomic mass is 16.6. The van der Waals surface area contributed by atoms with E-state index in [1.165, 1.54) is 25.8 Å². The number of hydrogen-bond donors (Lipinski definition) is 1. The van der Waals surface area contributed by atoms with Gasteiger partial charge in [0.2, 0.25) is 0 Å². The molecule has 1 aliphatic heterocycles. The van der Waals surface area contributed by atoms with Gasteiger partial charge in [0.05, 0.1) is 12.2 Å². The summed E-state index contributed by atoms with van der Waals surface area (Å²) in [5, 5.41) is 3.36. The van der Waals surface area contributed by atoms with Gasteiger partial charge in [0.25, 0.3) is 0 Å². The molecule has 1 N–H and O–H groups in total. The number of fused-ring (bicyclic) bond motifs is 1. The molecule has 1 saturated heterocycles. The Morgan fingerprint density at radius 2 is 2.12 bits per heavy atom. The van der Waals surface area contributed by atoms with Crippen molar-refractivity contribution in [2.75, 3.05) is 13.6 Å². The SMILES string of the molecule is CCC(CC(C)C)C1C(CNC)CC2OC21. The summed E-state index contributed by atoms with van der Waals surface area (Å²) in [6, 6.07) is 0. The summed E-state index contributed by atoms with van der Waals surface area (Å²) in [6.45, 7) is 8.21. The van der Waals surface area contributed by atoms with Crippen molar-refractivity contribution in [2.24, 2.45) is 23.7 Å². The van der Waals surface area contributed by atoms with Gasteiger partial charge in [-0.3, -0.25) is 0 Å². The normalized spacial score (nSPS) is 38.8. The number of hydrogen-bond acceptors (Lipinski definition) is 2. The summed E-state index contributed by atoms with van der Waals surface area (Å²) in [5.74, 6) is 3.37. The van der Waals surface area contributed by atoms with E-state index < -0.39 is 0 Å². The zero-order valence-electron chi connectivity index (χ0n) is 11.2. The highest BCUT2D eigenvalue weighted by molar-refractivity contribution is 5.04. The Kier molecular flexibility index (Phi) is 3.91. The summed E-state index contributed by atoms with van der Waals surface area (Å²) in [5.41, 5.74) is 0. The minimum Gasteiger partial charge on any atom is -0.369 e. The Bertz CT molecular complexity index is 229. The van der Waals surface area contributed by atoms with Gasteiger partial charge in [-0.05, 0) is 50.1 Å². The molecule has 0 bridgehead atoms. The molecule has 0 aromatic rings. The molecule has 94 valence electrons. The number of nitrogens with one attached hydrogen (secondary N) is 1. The Morgan fingerprint density at radius 3 is 2.69 bits per heavy atom. The van der Waals surface area contributed by atoms with E-state index in [9.17, 15) is 0 Å². The predicted molar refractivity (Wildman–Crippen MR) is 67.4 cm³/mol. The second kappa shape index (κ2) is 5.05. The molecule has 2 aliphatic rings. The Hall–Kier alpha value is -0.0800. The fourth-order valence-electron chi connectivity index (χ4n) is 3.74. The van der Waals surface area contributed by atoms with Gasteiger partial charge in [-0.25, -0.2) is 0 Å². The molecule has 1 heterocycles. The van der Waals surface area contributed by atoms with Crippen molar-refractivity contribution in [3.05, 3.63) is 0 Å². The van der Waals surface area contributed by atoms with Gasteiger partial charge in [0.1, 0.15) is 0 Å². The zero-order chi connectivity index (χ0) is 11.7. The van der Waals surface area contributed by atoms with E-state index >= 15 is 0 Å². The quantitative estimate of drug-likeness (QED) is 0.703. The van der Waals surface area contributed by atoms with Gasteiger partial charge in [-0.1, -0.05) is 27.2 Å². The highest BCUT2D eigenvalue weighted by Gasteiger charge is 2.56. The van der Waals surface area contributed by atoms with Gasteiger partial charge < -0.3 is 10.1 Å². The number of ether oxygens (including phenoxy) is 1. The van der Waals surface area contributed by atoms with Crippen molar-refractivity contribution in [3.63, 3.8) is 0 Å². The van der Waals surface area contributed by atoms with Crippen LogP contribution in [0.4, 0.5) is 0 Å². The Labute approximate surface area is 100 Å². The molecule has 2 nitrogen and oxygen atoms in total. The molecule has 0 amide bonds. The standard InChI is InChI=1S/C14H27NO/c1-5-10(6-9(2)3)13-11(8-15-4)7-12-14(13)16-12/h9-15H,5-8H2,1-4H3. The van der Waals surface area contributed by atoms with E-state index in [2.05, 4.69) is 33.1 Å². The Balaban J connectivity index is 1.97. The van der Waals surface area contributed by atoms with E-state index in [0.29, 0.717) is 12.2 Å². The first-order chi connectivity index (χ1) is 7.67.